The summed E-state index contributed by atoms with van der Waals surface area (Å²) in [5, 5.41) is 28.6. The van der Waals surface area contributed by atoms with Crippen LogP contribution < -0.4 is 0 Å². The lowest BCUT2D eigenvalue weighted by Crippen LogP contribution is -2.52. The number of hydrogen-bond acceptors (Lipinski definition) is 5. The van der Waals surface area contributed by atoms with E-state index in [1.54, 1.807) is 44.2 Å². The minimum absolute atomic E-state index is 0.00204. The van der Waals surface area contributed by atoms with Crippen LogP contribution in [0, 0.1) is 17.2 Å². The van der Waals surface area contributed by atoms with Gasteiger partial charge in [-0.3, -0.25) is 14.4 Å². The highest BCUT2D eigenvalue weighted by Crippen LogP contribution is 2.40. The second-order valence-corrected chi connectivity index (χ2v) is 8.07. The molecule has 1 heterocycles. The van der Waals surface area contributed by atoms with Gasteiger partial charge in [0.05, 0.1) is 12.4 Å². The van der Waals surface area contributed by atoms with Crippen LogP contribution in [0.25, 0.3) is 0 Å². The zero-order valence-corrected chi connectivity index (χ0v) is 19.8. The molecule has 0 radical (unpaired) electrons. The second kappa shape index (κ2) is 12.8. The Hall–Kier alpha value is -3.07. The van der Waals surface area contributed by atoms with Gasteiger partial charge in [-0.15, -0.1) is 0 Å². The summed E-state index contributed by atoms with van der Waals surface area (Å²) in [6.07, 6.45) is 5.01. The zero-order chi connectivity index (χ0) is 25.2. The first kappa shape index (κ1) is 28.0. The third-order valence-electron chi connectivity index (χ3n) is 5.09. The molecule has 0 spiro atoms. The normalized spacial score (nSPS) is 17.0. The number of aliphatic carboxylic acids is 3. The van der Waals surface area contributed by atoms with Gasteiger partial charge in [-0.2, -0.15) is 0 Å². The summed E-state index contributed by atoms with van der Waals surface area (Å²) >= 11 is 1.31. The number of carbonyl (C=O) groups is 3. The average Bonchev–Trinajstić information content (AvgIpc) is 2.93. The van der Waals surface area contributed by atoms with E-state index in [1.807, 2.05) is 13.8 Å². The Labute approximate surface area is 196 Å². The Bertz CT molecular complexity index is 929. The molecular formula is C24H29FO7S. The maximum atomic E-state index is 13.4. The summed E-state index contributed by atoms with van der Waals surface area (Å²) in [6.45, 7) is 7.45. The maximum Gasteiger partial charge on any atom is 0.333 e. The zero-order valence-electron chi connectivity index (χ0n) is 19.0. The third kappa shape index (κ3) is 6.71. The predicted octanol–water partition coefficient (Wildman–Crippen LogP) is 5.34. The second-order valence-electron chi connectivity index (χ2n) is 6.93. The lowest BCUT2D eigenvalue weighted by Gasteiger charge is -2.28. The molecule has 0 saturated heterocycles. The van der Waals surface area contributed by atoms with E-state index in [4.69, 9.17) is 4.74 Å². The minimum Gasteiger partial charge on any atom is -0.498 e. The van der Waals surface area contributed by atoms with Gasteiger partial charge >= 0.3 is 17.9 Å². The molecule has 7 nitrogen and oxygen atoms in total. The fourth-order valence-corrected chi connectivity index (χ4v) is 4.19. The first-order valence-electron chi connectivity index (χ1n) is 10.4. The first-order chi connectivity index (χ1) is 15.6. The molecule has 3 N–H and O–H groups in total. The highest BCUT2D eigenvalue weighted by atomic mass is 32.2. The van der Waals surface area contributed by atoms with Gasteiger partial charge in [0.1, 0.15) is 5.82 Å². The number of halogens is 1. The molecule has 0 fully saturated rings. The van der Waals surface area contributed by atoms with Gasteiger partial charge in [0.25, 0.3) is 5.41 Å². The molecule has 1 aromatic rings. The van der Waals surface area contributed by atoms with E-state index in [-0.39, 0.29) is 25.3 Å². The van der Waals surface area contributed by atoms with E-state index >= 15 is 0 Å². The van der Waals surface area contributed by atoms with Gasteiger partial charge in [-0.25, -0.2) is 4.39 Å². The lowest BCUT2D eigenvalue weighted by molar-refractivity contribution is -0.180. The van der Waals surface area contributed by atoms with Gasteiger partial charge < -0.3 is 20.1 Å². The average molecular weight is 481 g/mol. The van der Waals surface area contributed by atoms with E-state index in [9.17, 15) is 34.1 Å². The quantitative estimate of drug-likeness (QED) is 0.259. The van der Waals surface area contributed by atoms with Crippen molar-refractivity contribution < 1.29 is 38.8 Å². The van der Waals surface area contributed by atoms with E-state index in [1.165, 1.54) is 23.9 Å². The van der Waals surface area contributed by atoms with Crippen molar-refractivity contribution >= 4 is 29.7 Å². The molecule has 0 saturated carbocycles. The third-order valence-corrected chi connectivity index (χ3v) is 6.19. The summed E-state index contributed by atoms with van der Waals surface area (Å²) in [4.78, 5) is 36.7. The Morgan fingerprint density at radius 3 is 2.27 bits per heavy atom. The molecule has 1 unspecified atom stereocenters. The van der Waals surface area contributed by atoms with Gasteiger partial charge in [0, 0.05) is 15.7 Å². The number of rotatable bonds is 8. The van der Waals surface area contributed by atoms with Crippen molar-refractivity contribution in [1.82, 2.24) is 0 Å². The maximum absolute atomic E-state index is 13.4. The SMILES string of the molecule is C/C=C(\C=C/C1=C(C)OCCC(C(C(=O)O)(C(=O)O)C(=O)O)C1)Sc1cccc(F)c1.CC. The number of ether oxygens (including phenoxy) is 1. The smallest absolute Gasteiger partial charge is 0.333 e. The van der Waals surface area contributed by atoms with Crippen molar-refractivity contribution in [3.8, 4) is 0 Å². The number of thioether (sulfide) groups is 1. The molecular weight excluding hydrogens is 451 g/mol. The number of carboxylic acid groups (broad SMARTS) is 3. The molecule has 1 atom stereocenters. The highest BCUT2D eigenvalue weighted by Gasteiger charge is 2.60. The fourth-order valence-electron chi connectivity index (χ4n) is 3.35. The van der Waals surface area contributed by atoms with Gasteiger partial charge in [-0.1, -0.05) is 43.8 Å². The van der Waals surface area contributed by atoms with Crippen molar-refractivity contribution in [2.45, 2.75) is 45.4 Å². The van der Waals surface area contributed by atoms with Crippen LogP contribution in [-0.4, -0.2) is 39.8 Å². The van der Waals surface area contributed by atoms with E-state index in [0.717, 1.165) is 4.91 Å². The van der Waals surface area contributed by atoms with Crippen LogP contribution in [0.1, 0.15) is 40.5 Å². The Balaban J connectivity index is 0.00000265. The fraction of sp³-hybridized carbons (Fsp3) is 0.375. The molecule has 2 rings (SSSR count). The molecule has 1 aliphatic heterocycles. The van der Waals surface area contributed by atoms with Crippen LogP contribution in [0.4, 0.5) is 4.39 Å². The van der Waals surface area contributed by atoms with Crippen molar-refractivity contribution in [3.63, 3.8) is 0 Å². The first-order valence-corrected chi connectivity index (χ1v) is 11.2. The molecule has 0 amide bonds. The number of benzene rings is 1. The molecule has 1 aromatic carbocycles. The Kier molecular flexibility index (Phi) is 10.9. The number of allylic oxidation sites excluding steroid dienone is 5. The van der Waals surface area contributed by atoms with Crippen LogP contribution in [0.3, 0.4) is 0 Å². The molecule has 9 heteroatoms. The topological polar surface area (TPSA) is 121 Å². The lowest BCUT2D eigenvalue weighted by atomic mass is 9.71. The molecule has 0 bridgehead atoms. The predicted molar refractivity (Wildman–Crippen MR) is 123 cm³/mol. The van der Waals surface area contributed by atoms with Crippen LogP contribution in [0.2, 0.25) is 0 Å². The van der Waals surface area contributed by atoms with E-state index < -0.39 is 29.2 Å². The Morgan fingerprint density at radius 1 is 1.15 bits per heavy atom. The summed E-state index contributed by atoms with van der Waals surface area (Å²) in [5.74, 6) is -6.89. The Morgan fingerprint density at radius 2 is 1.76 bits per heavy atom. The van der Waals surface area contributed by atoms with Crippen molar-refractivity contribution in [2.24, 2.45) is 11.3 Å². The highest BCUT2D eigenvalue weighted by molar-refractivity contribution is 8.03. The van der Waals surface area contributed by atoms with Gasteiger partial charge in [-0.05, 0) is 56.5 Å². The molecule has 0 aliphatic carbocycles. The summed E-state index contributed by atoms with van der Waals surface area (Å²) in [7, 11) is 0. The summed E-state index contributed by atoms with van der Waals surface area (Å²) in [6, 6.07) is 6.07. The van der Waals surface area contributed by atoms with Crippen LogP contribution in [0.15, 0.2) is 63.6 Å². The molecule has 33 heavy (non-hydrogen) atoms. The van der Waals surface area contributed by atoms with Gasteiger partial charge in [0.15, 0.2) is 0 Å². The summed E-state index contributed by atoms with van der Waals surface area (Å²) in [5.41, 5.74) is -2.48. The van der Waals surface area contributed by atoms with Crippen LogP contribution in [-0.2, 0) is 19.1 Å². The van der Waals surface area contributed by atoms with E-state index in [2.05, 4.69) is 0 Å². The monoisotopic (exact) mass is 480 g/mol. The number of hydrogen-bond donors (Lipinski definition) is 3. The molecule has 0 aromatic heterocycles. The standard InChI is InChI=1S/C22H23FO7S.C2H6/c1-3-17(31-18-6-4-5-16(23)12-18)8-7-14-11-15(9-10-30-13(14)2)22(19(24)25,20(26)27)21(28)29;1-2/h3-8,12,15H,9-11H2,1-2H3,(H,24,25)(H,26,27)(H,28,29);1-2H3/b8-7-,17-3+;. The van der Waals surface area contributed by atoms with Crippen LogP contribution >= 0.6 is 11.8 Å². The minimum atomic E-state index is -2.98. The van der Waals surface area contributed by atoms with Crippen LogP contribution in [0.5, 0.6) is 0 Å². The summed E-state index contributed by atoms with van der Waals surface area (Å²) < 4.78 is 19.0. The van der Waals surface area contributed by atoms with E-state index in [0.29, 0.717) is 16.2 Å². The van der Waals surface area contributed by atoms with Crippen molar-refractivity contribution in [3.05, 3.63) is 64.5 Å². The largest absolute Gasteiger partial charge is 0.498 e. The number of carboxylic acids is 3. The van der Waals surface area contributed by atoms with Crippen molar-refractivity contribution in [2.75, 3.05) is 6.61 Å². The van der Waals surface area contributed by atoms with Crippen molar-refractivity contribution in [1.29, 1.82) is 0 Å². The van der Waals surface area contributed by atoms with Gasteiger partial charge in [0.2, 0.25) is 0 Å². The molecule has 180 valence electrons. The molecule has 1 aliphatic rings.